The van der Waals surface area contributed by atoms with Crippen LogP contribution in [0, 0.1) is 17.5 Å². The lowest BCUT2D eigenvalue weighted by molar-refractivity contribution is 0.0596. The van der Waals surface area contributed by atoms with Gasteiger partial charge in [-0.05, 0) is 25.1 Å². The third-order valence-electron chi connectivity index (χ3n) is 3.14. The number of ether oxygens (including phenoxy) is 1. The number of carbonyl (C=O) groups is 2. The van der Waals surface area contributed by atoms with E-state index in [1.807, 2.05) is 0 Å². The van der Waals surface area contributed by atoms with Gasteiger partial charge in [-0.3, -0.25) is 9.79 Å². The molecule has 0 spiro atoms. The molecule has 0 atom stereocenters. The first-order valence-electron chi connectivity index (χ1n) is 6.75. The summed E-state index contributed by atoms with van der Waals surface area (Å²) >= 11 is 0. The standard InChI is InChI=1S/C17H12F3NO3/c1-9(22)16-13(17(23)24-2)5-12(19)7-15(16)21-8-10-3-4-11(18)6-14(10)20/h3-8H,1-2H3. The number of halogens is 3. The number of methoxy groups -OCH3 is 1. The smallest absolute Gasteiger partial charge is 0.338 e. The van der Waals surface area contributed by atoms with E-state index in [1.54, 1.807) is 0 Å². The van der Waals surface area contributed by atoms with Gasteiger partial charge in [0.25, 0.3) is 0 Å². The number of aliphatic imine (C=N–C) groups is 1. The van der Waals surface area contributed by atoms with E-state index < -0.39 is 29.2 Å². The van der Waals surface area contributed by atoms with E-state index in [1.165, 1.54) is 6.92 Å². The van der Waals surface area contributed by atoms with Crippen LogP contribution in [0.2, 0.25) is 0 Å². The van der Waals surface area contributed by atoms with Crippen molar-refractivity contribution in [2.75, 3.05) is 7.11 Å². The monoisotopic (exact) mass is 335 g/mol. The summed E-state index contributed by atoms with van der Waals surface area (Å²) in [6.45, 7) is 1.18. The molecule has 0 aliphatic carbocycles. The SMILES string of the molecule is COC(=O)c1cc(F)cc(N=Cc2ccc(F)cc2F)c1C(C)=O. The van der Waals surface area contributed by atoms with Crippen molar-refractivity contribution in [2.45, 2.75) is 6.92 Å². The molecule has 24 heavy (non-hydrogen) atoms. The molecule has 0 saturated heterocycles. The Morgan fingerprint density at radius 3 is 2.38 bits per heavy atom. The molecule has 4 nitrogen and oxygen atoms in total. The van der Waals surface area contributed by atoms with Crippen LogP contribution in [0.1, 0.15) is 33.2 Å². The molecule has 2 aromatic rings. The summed E-state index contributed by atoms with van der Waals surface area (Å²) in [6.07, 6.45) is 1.01. The van der Waals surface area contributed by atoms with Crippen molar-refractivity contribution in [1.82, 2.24) is 0 Å². The largest absolute Gasteiger partial charge is 0.465 e. The van der Waals surface area contributed by atoms with Crippen molar-refractivity contribution in [2.24, 2.45) is 4.99 Å². The van der Waals surface area contributed by atoms with Crippen LogP contribution in [0.5, 0.6) is 0 Å². The molecule has 0 aliphatic heterocycles. The summed E-state index contributed by atoms with van der Waals surface area (Å²) in [5, 5.41) is 0. The van der Waals surface area contributed by atoms with Gasteiger partial charge in [0.1, 0.15) is 17.5 Å². The van der Waals surface area contributed by atoms with Crippen LogP contribution >= 0.6 is 0 Å². The van der Waals surface area contributed by atoms with Gasteiger partial charge >= 0.3 is 5.97 Å². The molecule has 0 bridgehead atoms. The maximum absolute atomic E-state index is 13.7. The van der Waals surface area contributed by atoms with Gasteiger partial charge < -0.3 is 4.74 Å². The van der Waals surface area contributed by atoms with Gasteiger partial charge in [-0.1, -0.05) is 0 Å². The van der Waals surface area contributed by atoms with Crippen molar-refractivity contribution in [1.29, 1.82) is 0 Å². The molecular formula is C17H12F3NO3. The number of rotatable bonds is 4. The zero-order valence-corrected chi connectivity index (χ0v) is 12.8. The molecule has 0 unspecified atom stereocenters. The summed E-state index contributed by atoms with van der Waals surface area (Å²) < 4.78 is 44.7. The van der Waals surface area contributed by atoms with Crippen molar-refractivity contribution >= 4 is 23.7 Å². The number of ketones is 1. The van der Waals surface area contributed by atoms with Gasteiger partial charge in [0, 0.05) is 23.9 Å². The zero-order valence-electron chi connectivity index (χ0n) is 12.8. The highest BCUT2D eigenvalue weighted by Crippen LogP contribution is 2.26. The Bertz CT molecular complexity index is 847. The normalized spacial score (nSPS) is 10.9. The molecule has 124 valence electrons. The number of nitrogens with zero attached hydrogens (tertiary/aromatic N) is 1. The van der Waals surface area contributed by atoms with Crippen molar-refractivity contribution < 1.29 is 27.5 Å². The average Bonchev–Trinajstić information content (AvgIpc) is 2.52. The van der Waals surface area contributed by atoms with Gasteiger partial charge in [0.15, 0.2) is 5.78 Å². The highest BCUT2D eigenvalue weighted by atomic mass is 19.1. The van der Waals surface area contributed by atoms with Gasteiger partial charge in [-0.2, -0.15) is 0 Å². The van der Waals surface area contributed by atoms with Crippen LogP contribution in [-0.2, 0) is 4.74 Å². The quantitative estimate of drug-likeness (QED) is 0.484. The third kappa shape index (κ3) is 3.68. The number of hydrogen-bond donors (Lipinski definition) is 0. The molecule has 0 saturated carbocycles. The van der Waals surface area contributed by atoms with Crippen molar-refractivity contribution in [3.8, 4) is 0 Å². The summed E-state index contributed by atoms with van der Waals surface area (Å²) in [6, 6.07) is 4.63. The number of carbonyl (C=O) groups excluding carboxylic acids is 2. The Hall–Kier alpha value is -2.96. The minimum absolute atomic E-state index is 0.0604. The first kappa shape index (κ1) is 17.4. The van der Waals surface area contributed by atoms with Gasteiger partial charge in [0.05, 0.1) is 23.9 Å². The molecule has 0 aliphatic rings. The van der Waals surface area contributed by atoms with E-state index in [0.717, 1.165) is 37.6 Å². The van der Waals surface area contributed by atoms with Gasteiger partial charge in [-0.15, -0.1) is 0 Å². The van der Waals surface area contributed by atoms with E-state index in [9.17, 15) is 22.8 Å². The first-order valence-corrected chi connectivity index (χ1v) is 6.75. The maximum atomic E-state index is 13.7. The highest BCUT2D eigenvalue weighted by Gasteiger charge is 2.20. The summed E-state index contributed by atoms with van der Waals surface area (Å²) in [7, 11) is 1.09. The van der Waals surface area contributed by atoms with Crippen LogP contribution in [0.3, 0.4) is 0 Å². The van der Waals surface area contributed by atoms with E-state index in [2.05, 4.69) is 9.73 Å². The predicted molar refractivity (Wildman–Crippen MR) is 81.4 cm³/mol. The van der Waals surface area contributed by atoms with Crippen LogP contribution < -0.4 is 0 Å². The Kier molecular flexibility index (Phi) is 5.13. The minimum Gasteiger partial charge on any atom is -0.465 e. The fourth-order valence-corrected chi connectivity index (χ4v) is 2.08. The van der Waals surface area contributed by atoms with Crippen molar-refractivity contribution in [3.63, 3.8) is 0 Å². The predicted octanol–water partition coefficient (Wildman–Crippen LogP) is 3.84. The average molecular weight is 335 g/mol. The Labute approximate surface area is 135 Å². The molecular weight excluding hydrogens is 323 g/mol. The minimum atomic E-state index is -0.899. The lowest BCUT2D eigenvalue weighted by atomic mass is 10.0. The van der Waals surface area contributed by atoms with Gasteiger partial charge in [0.2, 0.25) is 0 Å². The van der Waals surface area contributed by atoms with Crippen LogP contribution in [-0.4, -0.2) is 25.1 Å². The molecule has 0 fully saturated rings. The van der Waals surface area contributed by atoms with E-state index in [0.29, 0.717) is 6.07 Å². The van der Waals surface area contributed by atoms with Crippen LogP contribution in [0.25, 0.3) is 0 Å². The number of hydrogen-bond acceptors (Lipinski definition) is 4. The second-order valence-corrected chi connectivity index (χ2v) is 4.82. The molecule has 0 N–H and O–H groups in total. The number of benzene rings is 2. The molecule has 0 aromatic heterocycles. The third-order valence-corrected chi connectivity index (χ3v) is 3.14. The fraction of sp³-hybridized carbons (Fsp3) is 0.118. The van der Waals surface area contributed by atoms with E-state index in [-0.39, 0.29) is 22.4 Å². The Morgan fingerprint density at radius 1 is 1.08 bits per heavy atom. The topological polar surface area (TPSA) is 55.7 Å². The van der Waals surface area contributed by atoms with Crippen molar-refractivity contribution in [3.05, 3.63) is 64.5 Å². The molecule has 0 heterocycles. The molecule has 7 heteroatoms. The maximum Gasteiger partial charge on any atom is 0.338 e. The summed E-state index contributed by atoms with van der Waals surface area (Å²) in [5.74, 6) is -3.88. The Morgan fingerprint density at radius 2 is 1.79 bits per heavy atom. The fourth-order valence-electron chi connectivity index (χ4n) is 2.08. The first-order chi connectivity index (χ1) is 11.3. The second-order valence-electron chi connectivity index (χ2n) is 4.82. The molecule has 2 rings (SSSR count). The van der Waals surface area contributed by atoms with E-state index in [4.69, 9.17) is 0 Å². The lowest BCUT2D eigenvalue weighted by Gasteiger charge is -2.09. The lowest BCUT2D eigenvalue weighted by Crippen LogP contribution is -2.09. The van der Waals surface area contributed by atoms with E-state index >= 15 is 0 Å². The number of Topliss-reactive ketones (excluding diaryl/α,β-unsaturated/α-hetero) is 1. The number of esters is 1. The second kappa shape index (κ2) is 7.08. The highest BCUT2D eigenvalue weighted by molar-refractivity contribution is 6.09. The van der Waals surface area contributed by atoms with Crippen LogP contribution in [0.15, 0.2) is 35.3 Å². The van der Waals surface area contributed by atoms with Gasteiger partial charge in [-0.25, -0.2) is 18.0 Å². The van der Waals surface area contributed by atoms with Crippen LogP contribution in [0.4, 0.5) is 18.9 Å². The summed E-state index contributed by atoms with van der Waals surface area (Å²) in [4.78, 5) is 27.4. The molecule has 0 amide bonds. The molecule has 0 radical (unpaired) electrons. The summed E-state index contributed by atoms with van der Waals surface area (Å²) in [5.41, 5.74) is -0.653. The zero-order chi connectivity index (χ0) is 17.9. The molecule has 2 aromatic carbocycles. The Balaban J connectivity index is 2.57.